The van der Waals surface area contributed by atoms with E-state index in [0.29, 0.717) is 12.2 Å². The monoisotopic (exact) mass is 295 g/mol. The van der Waals surface area contributed by atoms with Crippen LogP contribution in [0.25, 0.3) is 0 Å². The van der Waals surface area contributed by atoms with Gasteiger partial charge in [-0.25, -0.2) is 14.4 Å². The normalized spacial score (nSPS) is 12.4. The van der Waals surface area contributed by atoms with E-state index >= 15 is 0 Å². The first-order valence-corrected chi connectivity index (χ1v) is 5.92. The van der Waals surface area contributed by atoms with E-state index < -0.39 is 0 Å². The number of hydrogen-bond acceptors (Lipinski definition) is 3. The van der Waals surface area contributed by atoms with Gasteiger partial charge in [0.25, 0.3) is 0 Å². The predicted octanol–water partition coefficient (Wildman–Crippen LogP) is 2.62. The molecule has 17 heavy (non-hydrogen) atoms. The number of benzene rings is 1. The van der Waals surface area contributed by atoms with Crippen molar-refractivity contribution in [1.82, 2.24) is 9.97 Å². The molecule has 0 aliphatic heterocycles. The van der Waals surface area contributed by atoms with Crippen molar-refractivity contribution in [2.24, 2.45) is 5.73 Å². The highest BCUT2D eigenvalue weighted by Gasteiger charge is 2.12. The SMILES string of the molecule is NC(Cc1cc(F)ccc1Br)c1ncccn1. The van der Waals surface area contributed by atoms with Crippen LogP contribution in [0.5, 0.6) is 0 Å². The van der Waals surface area contributed by atoms with Crippen molar-refractivity contribution in [3.63, 3.8) is 0 Å². The molecule has 0 aliphatic carbocycles. The largest absolute Gasteiger partial charge is 0.321 e. The molecule has 0 aliphatic rings. The Hall–Kier alpha value is -1.33. The topological polar surface area (TPSA) is 51.8 Å². The molecule has 1 aromatic carbocycles. The Morgan fingerprint density at radius 2 is 2.00 bits per heavy atom. The number of nitrogens with zero attached hydrogens (tertiary/aromatic N) is 2. The highest BCUT2D eigenvalue weighted by molar-refractivity contribution is 9.10. The third-order valence-corrected chi connectivity index (χ3v) is 3.14. The van der Waals surface area contributed by atoms with Crippen LogP contribution in [0.1, 0.15) is 17.4 Å². The molecule has 0 saturated carbocycles. The van der Waals surface area contributed by atoms with Gasteiger partial charge in [0.05, 0.1) is 6.04 Å². The second-order valence-corrected chi connectivity index (χ2v) is 4.51. The van der Waals surface area contributed by atoms with E-state index in [4.69, 9.17) is 5.73 Å². The Kier molecular flexibility index (Phi) is 3.81. The maximum Gasteiger partial charge on any atom is 0.145 e. The van der Waals surface area contributed by atoms with E-state index in [9.17, 15) is 4.39 Å². The summed E-state index contributed by atoms with van der Waals surface area (Å²) in [5.41, 5.74) is 6.79. The fraction of sp³-hybridized carbons (Fsp3) is 0.167. The van der Waals surface area contributed by atoms with Crippen LogP contribution in [0.2, 0.25) is 0 Å². The van der Waals surface area contributed by atoms with Crippen molar-refractivity contribution in [3.05, 3.63) is 58.3 Å². The summed E-state index contributed by atoms with van der Waals surface area (Å²) in [4.78, 5) is 8.16. The molecule has 2 rings (SSSR count). The van der Waals surface area contributed by atoms with Crippen molar-refractivity contribution in [2.75, 3.05) is 0 Å². The van der Waals surface area contributed by atoms with Gasteiger partial charge in [-0.1, -0.05) is 15.9 Å². The molecule has 0 radical (unpaired) electrons. The number of rotatable bonds is 3. The summed E-state index contributed by atoms with van der Waals surface area (Å²) in [5, 5.41) is 0. The van der Waals surface area contributed by atoms with Gasteiger partial charge in [-0.3, -0.25) is 0 Å². The highest BCUT2D eigenvalue weighted by atomic mass is 79.9. The van der Waals surface area contributed by atoms with E-state index in [1.54, 1.807) is 24.5 Å². The van der Waals surface area contributed by atoms with Crippen LogP contribution in [-0.2, 0) is 6.42 Å². The Morgan fingerprint density at radius 3 is 2.71 bits per heavy atom. The van der Waals surface area contributed by atoms with Crippen LogP contribution < -0.4 is 5.73 Å². The average molecular weight is 296 g/mol. The minimum atomic E-state index is -0.339. The van der Waals surface area contributed by atoms with E-state index in [1.807, 2.05) is 0 Å². The van der Waals surface area contributed by atoms with E-state index in [0.717, 1.165) is 10.0 Å². The standard InChI is InChI=1S/C12H11BrFN3/c13-10-3-2-9(14)6-8(10)7-11(15)12-16-4-1-5-17-12/h1-6,11H,7,15H2. The minimum Gasteiger partial charge on any atom is -0.321 e. The Balaban J connectivity index is 2.18. The summed E-state index contributed by atoms with van der Waals surface area (Å²) in [5.74, 6) is 0.285. The summed E-state index contributed by atoms with van der Waals surface area (Å²) in [6.45, 7) is 0. The lowest BCUT2D eigenvalue weighted by Crippen LogP contribution is -2.16. The maximum atomic E-state index is 13.1. The lowest BCUT2D eigenvalue weighted by molar-refractivity contribution is 0.617. The van der Waals surface area contributed by atoms with Crippen LogP contribution in [0, 0.1) is 5.82 Å². The summed E-state index contributed by atoms with van der Waals surface area (Å²) >= 11 is 3.37. The second kappa shape index (κ2) is 5.33. The van der Waals surface area contributed by atoms with Crippen molar-refractivity contribution >= 4 is 15.9 Å². The van der Waals surface area contributed by atoms with Crippen LogP contribution in [0.4, 0.5) is 4.39 Å². The molecule has 0 saturated heterocycles. The highest BCUT2D eigenvalue weighted by Crippen LogP contribution is 2.22. The Bertz CT molecular complexity index is 504. The molecule has 0 spiro atoms. The number of aromatic nitrogens is 2. The molecule has 1 unspecified atom stereocenters. The molecule has 0 bridgehead atoms. The first-order chi connectivity index (χ1) is 8.16. The molecular weight excluding hydrogens is 285 g/mol. The first-order valence-electron chi connectivity index (χ1n) is 5.13. The fourth-order valence-electron chi connectivity index (χ4n) is 1.53. The molecule has 5 heteroatoms. The summed E-state index contributed by atoms with van der Waals surface area (Å²) < 4.78 is 13.9. The first kappa shape index (κ1) is 12.1. The smallest absolute Gasteiger partial charge is 0.145 e. The van der Waals surface area contributed by atoms with E-state index in [1.165, 1.54) is 12.1 Å². The zero-order valence-corrected chi connectivity index (χ0v) is 10.6. The third kappa shape index (κ3) is 3.08. The van der Waals surface area contributed by atoms with Gasteiger partial charge in [0.1, 0.15) is 11.6 Å². The average Bonchev–Trinajstić information content (AvgIpc) is 2.35. The van der Waals surface area contributed by atoms with Gasteiger partial charge in [-0.05, 0) is 36.2 Å². The number of halogens is 2. The summed E-state index contributed by atoms with van der Waals surface area (Å²) in [6.07, 6.45) is 3.77. The number of hydrogen-bond donors (Lipinski definition) is 1. The van der Waals surface area contributed by atoms with Gasteiger partial charge in [0, 0.05) is 16.9 Å². The van der Waals surface area contributed by atoms with Crippen molar-refractivity contribution in [3.8, 4) is 0 Å². The quantitative estimate of drug-likeness (QED) is 0.947. The zero-order valence-electron chi connectivity index (χ0n) is 8.98. The van der Waals surface area contributed by atoms with Gasteiger partial charge in [0.15, 0.2) is 0 Å². The van der Waals surface area contributed by atoms with Crippen molar-refractivity contribution in [2.45, 2.75) is 12.5 Å². The zero-order chi connectivity index (χ0) is 12.3. The Morgan fingerprint density at radius 1 is 1.29 bits per heavy atom. The lowest BCUT2D eigenvalue weighted by Gasteiger charge is -2.11. The predicted molar refractivity (Wildman–Crippen MR) is 66.8 cm³/mol. The van der Waals surface area contributed by atoms with Gasteiger partial charge in [0.2, 0.25) is 0 Å². The van der Waals surface area contributed by atoms with Crippen LogP contribution in [0.15, 0.2) is 41.1 Å². The molecule has 1 heterocycles. The maximum absolute atomic E-state index is 13.1. The molecular formula is C12H11BrFN3. The van der Waals surface area contributed by atoms with Gasteiger partial charge < -0.3 is 5.73 Å². The van der Waals surface area contributed by atoms with Crippen LogP contribution >= 0.6 is 15.9 Å². The van der Waals surface area contributed by atoms with Gasteiger partial charge in [-0.15, -0.1) is 0 Å². The van der Waals surface area contributed by atoms with Gasteiger partial charge >= 0.3 is 0 Å². The molecule has 3 nitrogen and oxygen atoms in total. The van der Waals surface area contributed by atoms with Crippen LogP contribution in [0.3, 0.4) is 0 Å². The van der Waals surface area contributed by atoms with Gasteiger partial charge in [-0.2, -0.15) is 0 Å². The van der Waals surface area contributed by atoms with E-state index in [2.05, 4.69) is 25.9 Å². The molecule has 88 valence electrons. The summed E-state index contributed by atoms with van der Waals surface area (Å²) in [7, 11) is 0. The van der Waals surface area contributed by atoms with Crippen molar-refractivity contribution < 1.29 is 4.39 Å². The minimum absolute atomic E-state index is 0.274. The Labute approximate surface area is 107 Å². The summed E-state index contributed by atoms with van der Waals surface area (Å²) in [6, 6.07) is 5.93. The molecule has 1 aromatic heterocycles. The molecule has 2 N–H and O–H groups in total. The van der Waals surface area contributed by atoms with E-state index in [-0.39, 0.29) is 11.9 Å². The van der Waals surface area contributed by atoms with Crippen molar-refractivity contribution in [1.29, 1.82) is 0 Å². The second-order valence-electron chi connectivity index (χ2n) is 3.65. The molecule has 1 atom stereocenters. The van der Waals surface area contributed by atoms with Crippen LogP contribution in [-0.4, -0.2) is 9.97 Å². The molecule has 2 aromatic rings. The molecule has 0 fully saturated rings. The molecule has 0 amide bonds. The number of nitrogens with two attached hydrogens (primary N) is 1. The lowest BCUT2D eigenvalue weighted by atomic mass is 10.1. The third-order valence-electron chi connectivity index (χ3n) is 2.36. The fourth-order valence-corrected chi connectivity index (χ4v) is 1.94.